The van der Waals surface area contributed by atoms with Gasteiger partial charge in [-0.1, -0.05) is 18.2 Å². The van der Waals surface area contributed by atoms with E-state index in [-0.39, 0.29) is 18.1 Å². The van der Waals surface area contributed by atoms with E-state index in [4.69, 9.17) is 4.74 Å². The van der Waals surface area contributed by atoms with Crippen LogP contribution in [-0.2, 0) is 22.5 Å². The van der Waals surface area contributed by atoms with E-state index >= 15 is 0 Å². The third-order valence-electron chi connectivity index (χ3n) is 3.63. The molecule has 2 N–H and O–H groups in total. The summed E-state index contributed by atoms with van der Waals surface area (Å²) >= 11 is 1.42. The van der Waals surface area contributed by atoms with Gasteiger partial charge in [0.25, 0.3) is 0 Å². The molecule has 1 aliphatic heterocycles. The highest BCUT2D eigenvalue weighted by atomic mass is 32.1. The smallest absolute Gasteiger partial charge is 0.230 e. The van der Waals surface area contributed by atoms with Crippen molar-refractivity contribution in [3.63, 3.8) is 0 Å². The number of nitrogens with zero attached hydrogens (tertiary/aromatic N) is 2. The largest absolute Gasteiger partial charge is 0.508 e. The topological polar surface area (TPSA) is 74.7 Å². The second-order valence-electron chi connectivity index (χ2n) is 5.39. The molecule has 7 heteroatoms. The van der Waals surface area contributed by atoms with Crippen molar-refractivity contribution in [2.24, 2.45) is 0 Å². The Labute approximate surface area is 138 Å². The molecule has 1 saturated heterocycles. The predicted molar refractivity (Wildman–Crippen MR) is 88.7 cm³/mol. The number of hydrogen-bond donors (Lipinski definition) is 2. The van der Waals surface area contributed by atoms with Crippen LogP contribution in [0.3, 0.4) is 0 Å². The van der Waals surface area contributed by atoms with Crippen LogP contribution in [0.4, 0.5) is 5.13 Å². The van der Waals surface area contributed by atoms with E-state index in [2.05, 4.69) is 15.2 Å². The maximum absolute atomic E-state index is 12.1. The van der Waals surface area contributed by atoms with E-state index in [1.165, 1.54) is 11.3 Å². The summed E-state index contributed by atoms with van der Waals surface area (Å²) in [4.78, 5) is 18.8. The lowest BCUT2D eigenvalue weighted by molar-refractivity contribution is -0.115. The molecule has 23 heavy (non-hydrogen) atoms. The van der Waals surface area contributed by atoms with Gasteiger partial charge in [0.05, 0.1) is 25.3 Å². The maximum atomic E-state index is 12.1. The fraction of sp³-hybridized carbons (Fsp3) is 0.375. The Balaban J connectivity index is 1.54. The molecule has 0 radical (unpaired) electrons. The van der Waals surface area contributed by atoms with Gasteiger partial charge in [0.2, 0.25) is 5.91 Å². The van der Waals surface area contributed by atoms with Gasteiger partial charge in [0.1, 0.15) is 5.75 Å². The van der Waals surface area contributed by atoms with Gasteiger partial charge in [-0.3, -0.25) is 9.69 Å². The molecule has 3 rings (SSSR count). The number of hydrogen-bond acceptors (Lipinski definition) is 6. The normalized spacial score (nSPS) is 15.5. The number of thiazole rings is 1. The van der Waals surface area contributed by atoms with Crippen molar-refractivity contribution in [3.05, 3.63) is 40.9 Å². The monoisotopic (exact) mass is 333 g/mol. The first-order valence-electron chi connectivity index (χ1n) is 7.52. The first-order valence-corrected chi connectivity index (χ1v) is 8.40. The van der Waals surface area contributed by atoms with Crippen LogP contribution < -0.4 is 5.32 Å². The molecule has 0 aliphatic carbocycles. The maximum Gasteiger partial charge on any atom is 0.230 e. The Morgan fingerprint density at radius 1 is 1.35 bits per heavy atom. The van der Waals surface area contributed by atoms with Crippen molar-refractivity contribution >= 4 is 22.4 Å². The summed E-state index contributed by atoms with van der Waals surface area (Å²) in [6.45, 7) is 4.11. The number of carbonyl (C=O) groups is 1. The van der Waals surface area contributed by atoms with Crippen LogP contribution in [0.15, 0.2) is 29.6 Å². The van der Waals surface area contributed by atoms with Gasteiger partial charge in [-0.05, 0) is 6.07 Å². The van der Waals surface area contributed by atoms with Crippen LogP contribution in [0.2, 0.25) is 0 Å². The van der Waals surface area contributed by atoms with E-state index < -0.39 is 0 Å². The lowest BCUT2D eigenvalue weighted by Gasteiger charge is -2.25. The number of phenolic OH excluding ortho intramolecular Hbond substituents is 1. The second kappa shape index (κ2) is 7.54. The van der Waals surface area contributed by atoms with Crippen molar-refractivity contribution in [2.75, 3.05) is 31.6 Å². The molecule has 0 unspecified atom stereocenters. The number of benzene rings is 1. The number of amides is 1. The van der Waals surface area contributed by atoms with Crippen LogP contribution in [-0.4, -0.2) is 47.2 Å². The van der Waals surface area contributed by atoms with E-state index in [0.29, 0.717) is 10.7 Å². The zero-order chi connectivity index (χ0) is 16.1. The van der Waals surface area contributed by atoms with Gasteiger partial charge < -0.3 is 15.2 Å². The molecular weight excluding hydrogens is 314 g/mol. The Hall–Kier alpha value is -1.96. The van der Waals surface area contributed by atoms with Gasteiger partial charge in [-0.2, -0.15) is 0 Å². The number of ether oxygens (including phenoxy) is 1. The number of nitrogens with one attached hydrogen (secondary N) is 1. The van der Waals surface area contributed by atoms with Crippen LogP contribution in [0.25, 0.3) is 0 Å². The molecule has 122 valence electrons. The fourth-order valence-electron chi connectivity index (χ4n) is 2.42. The molecule has 1 fully saturated rings. The quantitative estimate of drug-likeness (QED) is 0.874. The average Bonchev–Trinajstić information content (AvgIpc) is 2.97. The van der Waals surface area contributed by atoms with Crippen LogP contribution in [0.1, 0.15) is 11.3 Å². The molecule has 0 spiro atoms. The highest BCUT2D eigenvalue weighted by Crippen LogP contribution is 2.19. The highest BCUT2D eigenvalue weighted by molar-refractivity contribution is 7.13. The lowest BCUT2D eigenvalue weighted by Crippen LogP contribution is -2.35. The number of carbonyl (C=O) groups excluding carboxylic acids is 1. The van der Waals surface area contributed by atoms with E-state index in [1.807, 2.05) is 5.38 Å². The second-order valence-corrected chi connectivity index (χ2v) is 6.24. The number of aromatic nitrogens is 1. The number of rotatable bonds is 5. The summed E-state index contributed by atoms with van der Waals surface area (Å²) in [5, 5.41) is 15.0. The lowest BCUT2D eigenvalue weighted by atomic mass is 10.1. The molecule has 0 atom stereocenters. The van der Waals surface area contributed by atoms with Crippen LogP contribution >= 0.6 is 11.3 Å². The summed E-state index contributed by atoms with van der Waals surface area (Å²) in [5.41, 5.74) is 1.56. The number of morpholine rings is 1. The van der Waals surface area contributed by atoms with Gasteiger partial charge in [0, 0.05) is 30.6 Å². The first-order chi connectivity index (χ1) is 11.2. The van der Waals surface area contributed by atoms with Crippen molar-refractivity contribution in [2.45, 2.75) is 13.0 Å². The molecule has 1 amide bonds. The SMILES string of the molecule is O=C(Cc1ccccc1O)Nc1nc(CN2CCOCC2)cs1. The molecule has 0 bridgehead atoms. The Bertz CT molecular complexity index is 668. The molecular formula is C16H19N3O3S. The first kappa shape index (κ1) is 15.9. The van der Waals surface area contributed by atoms with Gasteiger partial charge >= 0.3 is 0 Å². The molecule has 2 heterocycles. The Kier molecular flexibility index (Phi) is 5.22. The van der Waals surface area contributed by atoms with Crippen molar-refractivity contribution < 1.29 is 14.6 Å². The number of anilines is 1. The van der Waals surface area contributed by atoms with E-state index in [1.54, 1.807) is 24.3 Å². The van der Waals surface area contributed by atoms with Crippen LogP contribution in [0, 0.1) is 0 Å². The van der Waals surface area contributed by atoms with Crippen molar-refractivity contribution in [1.29, 1.82) is 0 Å². The van der Waals surface area contributed by atoms with Gasteiger partial charge in [-0.25, -0.2) is 4.98 Å². The number of para-hydroxylation sites is 1. The van der Waals surface area contributed by atoms with Crippen molar-refractivity contribution in [3.8, 4) is 5.75 Å². The molecule has 1 aliphatic rings. The summed E-state index contributed by atoms with van der Waals surface area (Å²) in [6, 6.07) is 6.84. The van der Waals surface area contributed by atoms with Crippen LogP contribution in [0.5, 0.6) is 5.75 Å². The minimum Gasteiger partial charge on any atom is -0.508 e. The molecule has 2 aromatic rings. The minimum absolute atomic E-state index is 0.130. The van der Waals surface area contributed by atoms with Gasteiger partial charge in [-0.15, -0.1) is 11.3 Å². The summed E-state index contributed by atoms with van der Waals surface area (Å²) in [6.07, 6.45) is 0.130. The van der Waals surface area contributed by atoms with Gasteiger partial charge in [0.15, 0.2) is 5.13 Å². The standard InChI is InChI=1S/C16H19N3O3S/c20-14-4-2-1-3-12(14)9-15(21)18-16-17-13(11-23-16)10-19-5-7-22-8-6-19/h1-4,11,20H,5-10H2,(H,17,18,21). The fourth-order valence-corrected chi connectivity index (χ4v) is 3.14. The highest BCUT2D eigenvalue weighted by Gasteiger charge is 2.14. The summed E-state index contributed by atoms with van der Waals surface area (Å²) in [7, 11) is 0. The average molecular weight is 333 g/mol. The minimum atomic E-state index is -0.182. The van der Waals surface area contributed by atoms with E-state index in [0.717, 1.165) is 38.5 Å². The molecule has 1 aromatic carbocycles. The molecule has 0 saturated carbocycles. The third kappa shape index (κ3) is 4.51. The zero-order valence-corrected chi connectivity index (χ0v) is 13.5. The Morgan fingerprint density at radius 2 is 2.13 bits per heavy atom. The van der Waals surface area contributed by atoms with Crippen molar-refractivity contribution in [1.82, 2.24) is 9.88 Å². The third-order valence-corrected chi connectivity index (χ3v) is 4.44. The summed E-state index contributed by atoms with van der Waals surface area (Å²) in [5.74, 6) is -0.0476. The molecule has 1 aromatic heterocycles. The molecule has 6 nitrogen and oxygen atoms in total. The van der Waals surface area contributed by atoms with E-state index in [9.17, 15) is 9.90 Å². The summed E-state index contributed by atoms with van der Waals surface area (Å²) < 4.78 is 5.32. The Morgan fingerprint density at radius 3 is 2.91 bits per heavy atom. The predicted octanol–water partition coefficient (Wildman–Crippen LogP) is 1.86. The zero-order valence-electron chi connectivity index (χ0n) is 12.7. The number of phenols is 1. The number of aromatic hydroxyl groups is 1.